The normalized spacial score (nSPS) is 12.2. The molecule has 2 aromatic carbocycles. The highest BCUT2D eigenvalue weighted by atomic mass is 16.6. The van der Waals surface area contributed by atoms with Crippen LogP contribution in [0, 0.1) is 0 Å². The molecule has 0 aromatic heterocycles. The van der Waals surface area contributed by atoms with E-state index in [0.29, 0.717) is 16.9 Å². The molecule has 2 aromatic rings. The minimum Gasteiger partial charge on any atom is -0.442 e. The summed E-state index contributed by atoms with van der Waals surface area (Å²) in [4.78, 5) is 25.5. The molecule has 0 fully saturated rings. The van der Waals surface area contributed by atoms with Crippen LogP contribution in [0.4, 0.5) is 16.2 Å². The van der Waals surface area contributed by atoms with E-state index in [9.17, 15) is 9.59 Å². The maximum Gasteiger partial charge on any atom is 0.429 e. The van der Waals surface area contributed by atoms with Gasteiger partial charge in [-0.2, -0.15) is 0 Å². The summed E-state index contributed by atoms with van der Waals surface area (Å²) in [6, 6.07) is 14.9. The molecule has 0 heterocycles. The van der Waals surface area contributed by atoms with E-state index in [1.807, 2.05) is 6.07 Å². The second-order valence-electron chi connectivity index (χ2n) is 6.99. The quantitative estimate of drug-likeness (QED) is 0.479. The molecular weight excluding hydrogens is 330 g/mol. The van der Waals surface area contributed by atoms with Crippen molar-refractivity contribution in [1.29, 1.82) is 0 Å². The highest BCUT2D eigenvalue weighted by Crippen LogP contribution is 2.18. The topological polar surface area (TPSA) is 84.7 Å². The summed E-state index contributed by atoms with van der Waals surface area (Å²) in [6.07, 6.45) is -0.633. The van der Waals surface area contributed by atoms with Crippen LogP contribution in [0.5, 0.6) is 0 Å². The van der Waals surface area contributed by atoms with Crippen molar-refractivity contribution in [1.82, 2.24) is 5.01 Å². The minimum absolute atomic E-state index is 0.195. The first kappa shape index (κ1) is 19.3. The molecular formula is C20H25N3O3. The van der Waals surface area contributed by atoms with E-state index in [-0.39, 0.29) is 5.78 Å². The Bertz CT molecular complexity index is 752. The number of benzene rings is 2. The van der Waals surface area contributed by atoms with Crippen LogP contribution in [-0.4, -0.2) is 28.5 Å². The first-order valence-corrected chi connectivity index (χ1v) is 8.41. The van der Waals surface area contributed by atoms with Crippen molar-refractivity contribution >= 4 is 23.3 Å². The molecule has 0 aliphatic rings. The van der Waals surface area contributed by atoms with Crippen LogP contribution < -0.4 is 11.2 Å². The van der Waals surface area contributed by atoms with E-state index in [1.54, 1.807) is 76.2 Å². The molecule has 2 rings (SSSR count). The SMILES string of the molecule is CC(C(=O)c1ccccc1)N(Nc1ccc(N)cc1)C(=O)OC(C)(C)C. The summed E-state index contributed by atoms with van der Waals surface area (Å²) in [5, 5.41) is 1.20. The number of nitrogens with two attached hydrogens (primary N) is 1. The van der Waals surface area contributed by atoms with Gasteiger partial charge < -0.3 is 10.5 Å². The molecule has 0 spiro atoms. The van der Waals surface area contributed by atoms with E-state index in [0.717, 1.165) is 0 Å². The molecule has 3 N–H and O–H groups in total. The lowest BCUT2D eigenvalue weighted by molar-refractivity contribution is 0.0229. The van der Waals surface area contributed by atoms with Gasteiger partial charge in [0.15, 0.2) is 5.78 Å². The number of hydrogen-bond acceptors (Lipinski definition) is 5. The smallest absolute Gasteiger partial charge is 0.429 e. The molecule has 6 heteroatoms. The maximum absolute atomic E-state index is 12.8. The van der Waals surface area contributed by atoms with Crippen molar-refractivity contribution in [2.45, 2.75) is 39.3 Å². The highest BCUT2D eigenvalue weighted by Gasteiger charge is 2.31. The van der Waals surface area contributed by atoms with Gasteiger partial charge in [-0.25, -0.2) is 9.80 Å². The number of amides is 1. The molecule has 138 valence electrons. The Labute approximate surface area is 153 Å². The minimum atomic E-state index is -0.773. The standard InChI is InChI=1S/C20H25N3O3/c1-14(18(24)15-8-6-5-7-9-15)23(19(25)26-20(2,3)4)22-17-12-10-16(21)11-13-17/h5-14,22H,21H2,1-4H3. The second kappa shape index (κ2) is 7.91. The Kier molecular flexibility index (Phi) is 5.87. The number of ether oxygens (including phenoxy) is 1. The number of nitrogens with one attached hydrogen (secondary N) is 1. The summed E-state index contributed by atoms with van der Waals surface area (Å²) in [5.41, 5.74) is 9.72. The number of hydrogen-bond donors (Lipinski definition) is 2. The third kappa shape index (κ3) is 5.24. The van der Waals surface area contributed by atoms with Gasteiger partial charge in [0.1, 0.15) is 11.6 Å². The van der Waals surface area contributed by atoms with Crippen molar-refractivity contribution in [3.05, 3.63) is 60.2 Å². The molecule has 1 unspecified atom stereocenters. The van der Waals surface area contributed by atoms with Crippen molar-refractivity contribution in [2.75, 3.05) is 11.2 Å². The summed E-state index contributed by atoms with van der Waals surface area (Å²) in [5.74, 6) is -0.195. The molecule has 0 aliphatic carbocycles. The van der Waals surface area contributed by atoms with E-state index < -0.39 is 17.7 Å². The summed E-state index contributed by atoms with van der Waals surface area (Å²) < 4.78 is 5.45. The summed E-state index contributed by atoms with van der Waals surface area (Å²) >= 11 is 0. The predicted octanol–water partition coefficient (Wildman–Crippen LogP) is 4.10. The third-order valence-corrected chi connectivity index (χ3v) is 3.58. The number of ketones is 1. The first-order valence-electron chi connectivity index (χ1n) is 8.41. The van der Waals surface area contributed by atoms with Crippen LogP contribution in [0.15, 0.2) is 54.6 Å². The van der Waals surface area contributed by atoms with Gasteiger partial charge in [-0.15, -0.1) is 0 Å². The van der Waals surface area contributed by atoms with Gasteiger partial charge in [-0.3, -0.25) is 10.2 Å². The number of nitrogens with zero attached hydrogens (tertiary/aromatic N) is 1. The number of rotatable bonds is 5. The zero-order valence-electron chi connectivity index (χ0n) is 15.5. The van der Waals surface area contributed by atoms with Gasteiger partial charge in [0.05, 0.1) is 5.69 Å². The third-order valence-electron chi connectivity index (χ3n) is 3.58. The van der Waals surface area contributed by atoms with Crippen molar-refractivity contribution < 1.29 is 14.3 Å². The van der Waals surface area contributed by atoms with Crippen LogP contribution in [0.2, 0.25) is 0 Å². The molecule has 6 nitrogen and oxygen atoms in total. The zero-order valence-corrected chi connectivity index (χ0v) is 15.5. The van der Waals surface area contributed by atoms with Crippen LogP contribution >= 0.6 is 0 Å². The van der Waals surface area contributed by atoms with E-state index in [4.69, 9.17) is 10.5 Å². The van der Waals surface area contributed by atoms with Crippen LogP contribution in [-0.2, 0) is 4.74 Å². The Balaban J connectivity index is 2.27. The van der Waals surface area contributed by atoms with Gasteiger partial charge in [0.2, 0.25) is 0 Å². The Morgan fingerprint density at radius 3 is 2.15 bits per heavy atom. The fourth-order valence-corrected chi connectivity index (χ4v) is 2.27. The number of nitrogen functional groups attached to an aromatic ring is 1. The number of carbonyl (C=O) groups excluding carboxylic acids is 2. The molecule has 0 radical (unpaired) electrons. The molecule has 1 atom stereocenters. The van der Waals surface area contributed by atoms with Crippen LogP contribution in [0.3, 0.4) is 0 Å². The number of hydrazine groups is 1. The fourth-order valence-electron chi connectivity index (χ4n) is 2.27. The van der Waals surface area contributed by atoms with Crippen molar-refractivity contribution in [3.63, 3.8) is 0 Å². The fraction of sp³-hybridized carbons (Fsp3) is 0.300. The summed E-state index contributed by atoms with van der Waals surface area (Å²) in [6.45, 7) is 6.98. The molecule has 0 aliphatic heterocycles. The number of Topliss-reactive ketones (excluding diaryl/α,β-unsaturated/α-hetero) is 1. The lowest BCUT2D eigenvalue weighted by Gasteiger charge is -2.31. The van der Waals surface area contributed by atoms with E-state index >= 15 is 0 Å². The highest BCUT2D eigenvalue weighted by molar-refractivity contribution is 6.01. The number of anilines is 2. The Hall–Kier alpha value is -3.02. The Morgan fingerprint density at radius 1 is 1.04 bits per heavy atom. The lowest BCUT2D eigenvalue weighted by atomic mass is 10.1. The second-order valence-corrected chi connectivity index (χ2v) is 6.99. The average molecular weight is 355 g/mol. The van der Waals surface area contributed by atoms with Crippen molar-refractivity contribution in [2.24, 2.45) is 0 Å². The van der Waals surface area contributed by atoms with Gasteiger partial charge >= 0.3 is 6.09 Å². The van der Waals surface area contributed by atoms with Gasteiger partial charge in [-0.1, -0.05) is 30.3 Å². The van der Waals surface area contributed by atoms with Crippen molar-refractivity contribution in [3.8, 4) is 0 Å². The molecule has 1 amide bonds. The summed E-state index contributed by atoms with van der Waals surface area (Å²) in [7, 11) is 0. The van der Waals surface area contributed by atoms with Gasteiger partial charge in [0, 0.05) is 11.3 Å². The lowest BCUT2D eigenvalue weighted by Crippen LogP contribution is -2.49. The van der Waals surface area contributed by atoms with Crippen LogP contribution in [0.25, 0.3) is 0 Å². The predicted molar refractivity (Wildman–Crippen MR) is 103 cm³/mol. The Morgan fingerprint density at radius 2 is 1.62 bits per heavy atom. The largest absolute Gasteiger partial charge is 0.442 e. The van der Waals surface area contributed by atoms with E-state index in [2.05, 4.69) is 5.43 Å². The zero-order chi connectivity index (χ0) is 19.3. The maximum atomic E-state index is 12.8. The molecule has 0 saturated heterocycles. The van der Waals surface area contributed by atoms with Crippen LogP contribution in [0.1, 0.15) is 38.1 Å². The molecule has 0 bridgehead atoms. The molecule has 26 heavy (non-hydrogen) atoms. The van der Waals surface area contributed by atoms with E-state index in [1.165, 1.54) is 5.01 Å². The number of carbonyl (C=O) groups is 2. The van der Waals surface area contributed by atoms with Gasteiger partial charge in [0.25, 0.3) is 0 Å². The molecule has 0 saturated carbocycles. The monoisotopic (exact) mass is 355 g/mol. The average Bonchev–Trinajstić information content (AvgIpc) is 2.59. The first-order chi connectivity index (χ1) is 12.2. The van der Waals surface area contributed by atoms with Gasteiger partial charge in [-0.05, 0) is 52.0 Å².